The van der Waals surface area contributed by atoms with Crippen LogP contribution in [0.1, 0.15) is 66.8 Å². The summed E-state index contributed by atoms with van der Waals surface area (Å²) < 4.78 is 6.65. The van der Waals surface area contributed by atoms with Gasteiger partial charge < -0.3 is 4.74 Å². The molecule has 0 bridgehead atoms. The standard InChI is InChI=1S/C74H54O3/c75-73-69(55-27-11-3-12-28-55)65(67(71(73)57-31-15-5-16-32-57)61-35-19-25-53(49-61)39-37-51-21-7-1-8-22-51)59-41-45-63(46-42-59)77-64-47-43-60(44-48-64)66-68(62-36-20-26-54(50-62)40-38-52-23-9-2-10-24-52)72(58-33-17-6-18-34-58)74(76)70(66)56-29-13-4-14-30-56/h1-36,41-50H,37-40H2. The highest BCUT2D eigenvalue weighted by Gasteiger charge is 2.37. The summed E-state index contributed by atoms with van der Waals surface area (Å²) in [4.78, 5) is 30.3. The molecule has 10 aromatic rings. The Labute approximate surface area is 451 Å². The highest BCUT2D eigenvalue weighted by Crippen LogP contribution is 2.52. The van der Waals surface area contributed by atoms with Crippen molar-refractivity contribution in [2.45, 2.75) is 25.7 Å². The molecule has 0 aliphatic heterocycles. The van der Waals surface area contributed by atoms with Crippen molar-refractivity contribution in [3.8, 4) is 11.5 Å². The maximum Gasteiger partial charge on any atom is 0.195 e. The Kier molecular flexibility index (Phi) is 13.8. The molecule has 0 fully saturated rings. The quantitative estimate of drug-likeness (QED) is 0.0969. The normalized spacial score (nSPS) is 13.5. The van der Waals surface area contributed by atoms with E-state index in [-0.39, 0.29) is 11.6 Å². The molecule has 0 atom stereocenters. The van der Waals surface area contributed by atoms with Gasteiger partial charge in [0.05, 0.1) is 0 Å². The number of allylic oxidation sites excluding steroid dienone is 8. The van der Waals surface area contributed by atoms with Gasteiger partial charge in [-0.25, -0.2) is 0 Å². The number of Topliss-reactive ketones (excluding diaryl/α,β-unsaturated/α-hetero) is 2. The molecule has 0 radical (unpaired) electrons. The Morgan fingerprint density at radius 1 is 0.208 bits per heavy atom. The lowest BCUT2D eigenvalue weighted by Crippen LogP contribution is -2.02. The van der Waals surface area contributed by atoms with E-state index >= 15 is 9.59 Å². The molecule has 0 saturated heterocycles. The first-order valence-electron chi connectivity index (χ1n) is 26.5. The number of ether oxygens (including phenoxy) is 1. The Balaban J connectivity index is 0.902. The Bertz CT molecular complexity index is 3630. The van der Waals surface area contributed by atoms with Gasteiger partial charge in [0.1, 0.15) is 11.5 Å². The van der Waals surface area contributed by atoms with E-state index in [2.05, 4.69) is 133 Å². The third-order valence-electron chi connectivity index (χ3n) is 14.7. The summed E-state index contributed by atoms with van der Waals surface area (Å²) in [5.41, 5.74) is 18.7. The largest absolute Gasteiger partial charge is 0.457 e. The first-order valence-corrected chi connectivity index (χ1v) is 26.5. The molecule has 2 aliphatic rings. The predicted octanol–water partition coefficient (Wildman–Crippen LogP) is 17.3. The van der Waals surface area contributed by atoms with Gasteiger partial charge in [-0.2, -0.15) is 0 Å². The fourth-order valence-corrected chi connectivity index (χ4v) is 11.0. The van der Waals surface area contributed by atoms with E-state index in [9.17, 15) is 0 Å². The van der Waals surface area contributed by atoms with Gasteiger partial charge in [0.2, 0.25) is 0 Å². The van der Waals surface area contributed by atoms with Gasteiger partial charge in [-0.3, -0.25) is 9.59 Å². The maximum atomic E-state index is 15.1. The molecule has 0 saturated carbocycles. The molecule has 0 amide bonds. The van der Waals surface area contributed by atoms with Gasteiger partial charge in [0.15, 0.2) is 11.6 Å². The molecule has 0 unspecified atom stereocenters. The fourth-order valence-electron chi connectivity index (χ4n) is 11.0. The zero-order chi connectivity index (χ0) is 51.9. The second-order valence-electron chi connectivity index (χ2n) is 19.6. The average Bonchev–Trinajstić information content (AvgIpc) is 4.05. The molecule has 368 valence electrons. The molecular weight excluding hydrogens is 937 g/mol. The number of rotatable bonds is 16. The van der Waals surface area contributed by atoms with E-state index in [0.717, 1.165) is 92.5 Å². The van der Waals surface area contributed by atoms with Crippen LogP contribution in [0, 0.1) is 0 Å². The number of hydrogen-bond donors (Lipinski definition) is 0. The van der Waals surface area contributed by atoms with E-state index in [1.807, 2.05) is 146 Å². The Morgan fingerprint density at radius 3 is 0.753 bits per heavy atom. The van der Waals surface area contributed by atoms with Crippen LogP contribution in [0.5, 0.6) is 11.5 Å². The van der Waals surface area contributed by atoms with E-state index in [1.54, 1.807) is 0 Å². The van der Waals surface area contributed by atoms with Crippen LogP contribution < -0.4 is 4.74 Å². The molecule has 0 spiro atoms. The van der Waals surface area contributed by atoms with Crippen LogP contribution in [0.3, 0.4) is 0 Å². The summed E-state index contributed by atoms with van der Waals surface area (Å²) in [5.74, 6) is 1.32. The summed E-state index contributed by atoms with van der Waals surface area (Å²) in [7, 11) is 0. The number of hydrogen-bond acceptors (Lipinski definition) is 3. The van der Waals surface area contributed by atoms with E-state index < -0.39 is 0 Å². The molecule has 12 rings (SSSR count). The van der Waals surface area contributed by atoms with Crippen LogP contribution in [-0.2, 0) is 35.3 Å². The van der Waals surface area contributed by atoms with Crippen LogP contribution in [0.25, 0.3) is 44.6 Å². The maximum absolute atomic E-state index is 15.1. The van der Waals surface area contributed by atoms with Gasteiger partial charge in [0.25, 0.3) is 0 Å². The average molecular weight is 991 g/mol. The molecule has 77 heavy (non-hydrogen) atoms. The molecule has 0 heterocycles. The molecule has 2 aliphatic carbocycles. The van der Waals surface area contributed by atoms with Gasteiger partial charge in [-0.1, -0.05) is 255 Å². The Hall–Kier alpha value is -9.70. The van der Waals surface area contributed by atoms with Gasteiger partial charge in [-0.05, 0) is 117 Å². The van der Waals surface area contributed by atoms with Gasteiger partial charge in [-0.15, -0.1) is 0 Å². The summed E-state index contributed by atoms with van der Waals surface area (Å²) in [6.45, 7) is 0. The van der Waals surface area contributed by atoms with Crippen molar-refractivity contribution < 1.29 is 14.3 Å². The summed E-state index contributed by atoms with van der Waals surface area (Å²) >= 11 is 0. The van der Waals surface area contributed by atoms with Crippen LogP contribution in [-0.4, -0.2) is 11.6 Å². The Morgan fingerprint density at radius 2 is 0.442 bits per heavy atom. The highest BCUT2D eigenvalue weighted by molar-refractivity contribution is 6.60. The summed E-state index contributed by atoms with van der Waals surface area (Å²) in [6.07, 6.45) is 3.58. The van der Waals surface area contributed by atoms with Crippen molar-refractivity contribution in [2.24, 2.45) is 0 Å². The van der Waals surface area contributed by atoms with Crippen molar-refractivity contribution in [2.75, 3.05) is 0 Å². The number of carbonyl (C=O) groups is 2. The highest BCUT2D eigenvalue weighted by atomic mass is 16.5. The number of aryl methyl sites for hydroxylation is 4. The van der Waals surface area contributed by atoms with Crippen molar-refractivity contribution in [1.29, 1.82) is 0 Å². The minimum Gasteiger partial charge on any atom is -0.457 e. The van der Waals surface area contributed by atoms with Gasteiger partial charge in [0, 0.05) is 44.6 Å². The minimum absolute atomic E-state index is 0.00154. The second-order valence-corrected chi connectivity index (χ2v) is 19.6. The van der Waals surface area contributed by atoms with Crippen LogP contribution in [0.15, 0.2) is 279 Å². The first kappa shape index (κ1) is 48.3. The molecule has 10 aromatic carbocycles. The van der Waals surface area contributed by atoms with E-state index in [1.165, 1.54) is 22.3 Å². The monoisotopic (exact) mass is 990 g/mol. The van der Waals surface area contributed by atoms with Gasteiger partial charge >= 0.3 is 0 Å². The van der Waals surface area contributed by atoms with Crippen LogP contribution in [0.2, 0.25) is 0 Å². The van der Waals surface area contributed by atoms with Crippen molar-refractivity contribution in [3.05, 3.63) is 346 Å². The first-order chi connectivity index (χ1) is 38.0. The molecular formula is C74H54O3. The summed E-state index contributed by atoms with van der Waals surface area (Å²) in [6, 6.07) is 95.0. The third-order valence-corrected chi connectivity index (χ3v) is 14.7. The van der Waals surface area contributed by atoms with E-state index in [0.29, 0.717) is 33.8 Å². The number of benzene rings is 10. The molecule has 3 nitrogen and oxygen atoms in total. The van der Waals surface area contributed by atoms with Crippen molar-refractivity contribution in [3.63, 3.8) is 0 Å². The van der Waals surface area contributed by atoms with Crippen LogP contribution in [0.4, 0.5) is 0 Å². The minimum atomic E-state index is 0.00154. The molecule has 0 aromatic heterocycles. The second kappa shape index (κ2) is 22.0. The summed E-state index contributed by atoms with van der Waals surface area (Å²) in [5, 5.41) is 0. The molecule has 3 heteroatoms. The van der Waals surface area contributed by atoms with Crippen molar-refractivity contribution >= 4 is 56.2 Å². The zero-order valence-electron chi connectivity index (χ0n) is 42.6. The zero-order valence-corrected chi connectivity index (χ0v) is 42.6. The van der Waals surface area contributed by atoms with Crippen LogP contribution >= 0.6 is 0 Å². The molecule has 0 N–H and O–H groups in total. The number of carbonyl (C=O) groups excluding carboxylic acids is 2. The fraction of sp³-hybridized carbons (Fsp3) is 0.0541. The lowest BCUT2D eigenvalue weighted by Gasteiger charge is -2.16. The predicted molar refractivity (Wildman–Crippen MR) is 317 cm³/mol. The lowest BCUT2D eigenvalue weighted by molar-refractivity contribution is -0.109. The van der Waals surface area contributed by atoms with Crippen molar-refractivity contribution in [1.82, 2.24) is 0 Å². The topological polar surface area (TPSA) is 43.4 Å². The van der Waals surface area contributed by atoms with E-state index in [4.69, 9.17) is 4.74 Å². The SMILES string of the molecule is O=C1C(c2ccccc2)=C(c2ccc(Oc3ccc(C4=C(c5ccccc5)C(=O)C(c5ccccc5)=C4c4cccc(CCc5ccccc5)c4)cc3)cc2)C(c2cccc(CCc3ccccc3)c2)=C1c1ccccc1. The number of ketones is 2. The smallest absolute Gasteiger partial charge is 0.195 e. The lowest BCUT2D eigenvalue weighted by atomic mass is 9.88. The third kappa shape index (κ3) is 10.2.